The summed E-state index contributed by atoms with van der Waals surface area (Å²) in [7, 11) is -3.97. The van der Waals surface area contributed by atoms with E-state index in [1.54, 1.807) is 24.3 Å². The van der Waals surface area contributed by atoms with Crippen molar-refractivity contribution in [3.05, 3.63) is 94.8 Å². The first-order valence-electron chi connectivity index (χ1n) is 9.40. The Balaban J connectivity index is 1.77. The molecular formula is C23H18ClFN2O3S. The second-order valence-electron chi connectivity index (χ2n) is 6.92. The van der Waals surface area contributed by atoms with Gasteiger partial charge in [-0.25, -0.2) is 12.8 Å². The first-order valence-corrected chi connectivity index (χ1v) is 11.3. The van der Waals surface area contributed by atoms with Gasteiger partial charge in [0.05, 0.1) is 4.90 Å². The molecule has 1 heterocycles. The SMILES string of the molecule is Cc1ccc(S(=O)(=O)c2nc(-c3ccc(F)cc3)oc2NCc2ccccc2Cl)cc1. The summed E-state index contributed by atoms with van der Waals surface area (Å²) >= 11 is 6.21. The number of rotatable bonds is 6. The molecule has 0 bridgehead atoms. The highest BCUT2D eigenvalue weighted by molar-refractivity contribution is 7.91. The van der Waals surface area contributed by atoms with E-state index in [9.17, 15) is 12.8 Å². The Morgan fingerprint density at radius 2 is 1.68 bits per heavy atom. The zero-order valence-corrected chi connectivity index (χ0v) is 18.0. The van der Waals surface area contributed by atoms with Gasteiger partial charge in [-0.05, 0) is 55.0 Å². The summed E-state index contributed by atoms with van der Waals surface area (Å²) in [5.41, 5.74) is 2.15. The molecule has 0 aliphatic heterocycles. The van der Waals surface area contributed by atoms with Crippen molar-refractivity contribution in [1.82, 2.24) is 4.98 Å². The molecule has 0 aliphatic rings. The molecule has 8 heteroatoms. The molecule has 4 aromatic rings. The minimum atomic E-state index is -3.97. The van der Waals surface area contributed by atoms with Crippen LogP contribution in [0, 0.1) is 12.7 Å². The Kier molecular flexibility index (Phi) is 5.80. The van der Waals surface area contributed by atoms with Gasteiger partial charge in [-0.2, -0.15) is 4.98 Å². The lowest BCUT2D eigenvalue weighted by Crippen LogP contribution is -2.07. The van der Waals surface area contributed by atoms with Gasteiger partial charge in [0, 0.05) is 17.1 Å². The molecule has 4 rings (SSSR count). The second-order valence-corrected chi connectivity index (χ2v) is 9.19. The molecule has 1 N–H and O–H groups in total. The molecule has 0 fully saturated rings. The lowest BCUT2D eigenvalue weighted by Gasteiger charge is -2.07. The fourth-order valence-electron chi connectivity index (χ4n) is 2.96. The van der Waals surface area contributed by atoms with Crippen molar-refractivity contribution in [2.24, 2.45) is 0 Å². The Labute approximate surface area is 184 Å². The van der Waals surface area contributed by atoms with Crippen molar-refractivity contribution in [3.8, 4) is 11.5 Å². The smallest absolute Gasteiger partial charge is 0.234 e. The summed E-state index contributed by atoms with van der Waals surface area (Å²) in [5.74, 6) is -0.368. The third-order valence-corrected chi connectivity index (χ3v) is 6.72. The topological polar surface area (TPSA) is 72.2 Å². The number of aryl methyl sites for hydroxylation is 1. The van der Waals surface area contributed by atoms with E-state index in [1.807, 2.05) is 19.1 Å². The predicted molar refractivity (Wildman–Crippen MR) is 117 cm³/mol. The molecule has 0 saturated heterocycles. The summed E-state index contributed by atoms with van der Waals surface area (Å²) in [6.45, 7) is 2.10. The van der Waals surface area contributed by atoms with E-state index < -0.39 is 15.7 Å². The van der Waals surface area contributed by atoms with E-state index in [-0.39, 0.29) is 28.2 Å². The van der Waals surface area contributed by atoms with Crippen LogP contribution in [0.15, 0.2) is 87.1 Å². The van der Waals surface area contributed by atoms with Crippen molar-refractivity contribution in [2.45, 2.75) is 23.4 Å². The molecule has 0 saturated carbocycles. The Morgan fingerprint density at radius 3 is 2.35 bits per heavy atom. The van der Waals surface area contributed by atoms with Gasteiger partial charge in [0.25, 0.3) is 0 Å². The van der Waals surface area contributed by atoms with Crippen LogP contribution in [0.5, 0.6) is 0 Å². The number of halogens is 2. The largest absolute Gasteiger partial charge is 0.419 e. The normalized spacial score (nSPS) is 11.5. The molecule has 5 nitrogen and oxygen atoms in total. The van der Waals surface area contributed by atoms with Crippen molar-refractivity contribution in [3.63, 3.8) is 0 Å². The van der Waals surface area contributed by atoms with E-state index >= 15 is 0 Å². The molecule has 1 aromatic heterocycles. The highest BCUT2D eigenvalue weighted by atomic mass is 35.5. The van der Waals surface area contributed by atoms with Gasteiger partial charge < -0.3 is 9.73 Å². The summed E-state index contributed by atoms with van der Waals surface area (Å²) in [6.07, 6.45) is 0. The van der Waals surface area contributed by atoms with Gasteiger partial charge >= 0.3 is 0 Å². The van der Waals surface area contributed by atoms with Crippen LogP contribution in [0.2, 0.25) is 5.02 Å². The van der Waals surface area contributed by atoms with Crippen LogP contribution in [0.25, 0.3) is 11.5 Å². The predicted octanol–water partition coefficient (Wildman–Crippen LogP) is 5.89. The van der Waals surface area contributed by atoms with E-state index in [4.69, 9.17) is 16.0 Å². The van der Waals surface area contributed by atoms with Crippen LogP contribution in [-0.2, 0) is 16.4 Å². The molecule has 3 aromatic carbocycles. The van der Waals surface area contributed by atoms with Gasteiger partial charge in [-0.1, -0.05) is 47.5 Å². The number of aromatic nitrogens is 1. The molecule has 0 unspecified atom stereocenters. The molecule has 0 spiro atoms. The van der Waals surface area contributed by atoms with Crippen LogP contribution in [0.4, 0.5) is 10.3 Å². The monoisotopic (exact) mass is 456 g/mol. The first-order chi connectivity index (χ1) is 14.8. The standard InChI is InChI=1S/C23H18ClFN2O3S/c1-15-6-12-19(13-7-15)31(28,29)23-22(26-14-17-4-2-3-5-20(17)24)30-21(27-23)16-8-10-18(25)11-9-16/h2-13,26H,14H2,1H3. The fourth-order valence-corrected chi connectivity index (χ4v) is 4.44. The van der Waals surface area contributed by atoms with Gasteiger partial charge in [0.1, 0.15) is 5.82 Å². The highest BCUT2D eigenvalue weighted by Crippen LogP contribution is 2.33. The number of hydrogen-bond acceptors (Lipinski definition) is 5. The minimum absolute atomic E-state index is 0.0141. The highest BCUT2D eigenvalue weighted by Gasteiger charge is 2.28. The van der Waals surface area contributed by atoms with Crippen LogP contribution in [0.1, 0.15) is 11.1 Å². The van der Waals surface area contributed by atoms with E-state index in [2.05, 4.69) is 10.3 Å². The van der Waals surface area contributed by atoms with Crippen molar-refractivity contribution in [1.29, 1.82) is 0 Å². The summed E-state index contributed by atoms with van der Waals surface area (Å²) < 4.78 is 45.7. The molecule has 31 heavy (non-hydrogen) atoms. The molecular weight excluding hydrogens is 439 g/mol. The maximum atomic E-state index is 13.3. The van der Waals surface area contributed by atoms with Crippen molar-refractivity contribution < 1.29 is 17.2 Å². The molecule has 0 aliphatic carbocycles. The quantitative estimate of drug-likeness (QED) is 0.392. The lowest BCUT2D eigenvalue weighted by atomic mass is 10.2. The fraction of sp³-hybridized carbons (Fsp3) is 0.0870. The van der Waals surface area contributed by atoms with E-state index in [1.165, 1.54) is 36.4 Å². The number of hydrogen-bond donors (Lipinski definition) is 1. The maximum absolute atomic E-state index is 13.3. The lowest BCUT2D eigenvalue weighted by molar-refractivity contribution is 0.576. The van der Waals surface area contributed by atoms with Crippen molar-refractivity contribution in [2.75, 3.05) is 5.32 Å². The average Bonchev–Trinajstić information content (AvgIpc) is 3.19. The van der Waals surface area contributed by atoms with Gasteiger partial charge in [0.15, 0.2) is 0 Å². The zero-order valence-electron chi connectivity index (χ0n) is 16.5. The average molecular weight is 457 g/mol. The third-order valence-electron chi connectivity index (χ3n) is 4.67. The first kappa shape index (κ1) is 21.1. The second kappa shape index (κ2) is 8.53. The van der Waals surface area contributed by atoms with Crippen LogP contribution in [0.3, 0.4) is 0 Å². The van der Waals surface area contributed by atoms with Gasteiger partial charge in [-0.3, -0.25) is 0 Å². The maximum Gasteiger partial charge on any atom is 0.234 e. The van der Waals surface area contributed by atoms with Crippen LogP contribution < -0.4 is 5.32 Å². The minimum Gasteiger partial charge on any atom is -0.419 e. The van der Waals surface area contributed by atoms with Crippen LogP contribution >= 0.6 is 11.6 Å². The molecule has 0 radical (unpaired) electrons. The number of benzene rings is 3. The van der Waals surface area contributed by atoms with Crippen LogP contribution in [-0.4, -0.2) is 13.4 Å². The Hall–Kier alpha value is -3.16. The van der Waals surface area contributed by atoms with E-state index in [0.717, 1.165) is 11.1 Å². The Bertz CT molecular complexity index is 1320. The number of anilines is 1. The summed E-state index contributed by atoms with van der Waals surface area (Å²) in [5, 5.41) is 3.28. The molecule has 0 amide bonds. The number of oxazole rings is 1. The number of sulfone groups is 1. The zero-order chi connectivity index (χ0) is 22.0. The summed E-state index contributed by atoms with van der Waals surface area (Å²) in [6, 6.07) is 19.1. The number of nitrogens with one attached hydrogen (secondary N) is 1. The molecule has 158 valence electrons. The Morgan fingerprint density at radius 1 is 1.00 bits per heavy atom. The number of nitrogens with zero attached hydrogens (tertiary/aromatic N) is 1. The van der Waals surface area contributed by atoms with Crippen molar-refractivity contribution >= 4 is 27.3 Å². The van der Waals surface area contributed by atoms with E-state index in [0.29, 0.717) is 10.6 Å². The van der Waals surface area contributed by atoms with Gasteiger partial charge in [0.2, 0.25) is 26.6 Å². The van der Waals surface area contributed by atoms with Gasteiger partial charge in [-0.15, -0.1) is 0 Å². The molecule has 0 atom stereocenters. The third kappa shape index (κ3) is 4.47. The summed E-state index contributed by atoms with van der Waals surface area (Å²) in [4.78, 5) is 4.34.